The molecule has 2 aromatic carbocycles. The molecule has 3 rings (SSSR count). The van der Waals surface area contributed by atoms with Gasteiger partial charge in [0.25, 0.3) is 0 Å². The average molecular weight is 343 g/mol. The number of para-hydroxylation sites is 1. The van der Waals surface area contributed by atoms with E-state index in [0.29, 0.717) is 17.5 Å². The van der Waals surface area contributed by atoms with Crippen molar-refractivity contribution in [3.05, 3.63) is 69.4 Å². The standard InChI is InChI=1S/C18H15BrO2/c1-3-15-17(13-7-4-5-10-16(13)21-15)18(20)12-8-6-9-14(19)11(12)2/h4-10H,3H2,1-2H3. The minimum atomic E-state index is 0.0237. The summed E-state index contributed by atoms with van der Waals surface area (Å²) in [6, 6.07) is 13.4. The SMILES string of the molecule is CCc1oc2ccccc2c1C(=O)c1cccc(Br)c1C. The van der Waals surface area contributed by atoms with Crippen molar-refractivity contribution in [2.45, 2.75) is 20.3 Å². The molecule has 0 atom stereocenters. The normalized spacial score (nSPS) is 11.0. The minimum Gasteiger partial charge on any atom is -0.460 e. The Hall–Kier alpha value is -1.87. The van der Waals surface area contributed by atoms with Gasteiger partial charge in [0.05, 0.1) is 5.56 Å². The molecule has 0 N–H and O–H groups in total. The molecular weight excluding hydrogens is 328 g/mol. The van der Waals surface area contributed by atoms with Crippen LogP contribution in [0.2, 0.25) is 0 Å². The Labute approximate surface area is 131 Å². The van der Waals surface area contributed by atoms with Crippen LogP contribution in [0, 0.1) is 6.92 Å². The van der Waals surface area contributed by atoms with Crippen LogP contribution in [0.4, 0.5) is 0 Å². The predicted molar refractivity (Wildman–Crippen MR) is 87.9 cm³/mol. The Morgan fingerprint density at radius 1 is 1.14 bits per heavy atom. The van der Waals surface area contributed by atoms with Gasteiger partial charge < -0.3 is 4.42 Å². The van der Waals surface area contributed by atoms with Crippen LogP contribution in [0.1, 0.15) is 34.2 Å². The molecule has 0 saturated heterocycles. The summed E-state index contributed by atoms with van der Waals surface area (Å²) in [4.78, 5) is 13.0. The number of ketones is 1. The highest BCUT2D eigenvalue weighted by molar-refractivity contribution is 9.10. The fourth-order valence-corrected chi connectivity index (χ4v) is 2.95. The van der Waals surface area contributed by atoms with Crippen LogP contribution in [0.25, 0.3) is 11.0 Å². The van der Waals surface area contributed by atoms with Gasteiger partial charge in [0.1, 0.15) is 11.3 Å². The van der Waals surface area contributed by atoms with Crippen LogP contribution in [-0.2, 0) is 6.42 Å². The van der Waals surface area contributed by atoms with Crippen molar-refractivity contribution < 1.29 is 9.21 Å². The summed E-state index contributed by atoms with van der Waals surface area (Å²) in [7, 11) is 0. The van der Waals surface area contributed by atoms with Gasteiger partial charge >= 0.3 is 0 Å². The first-order valence-electron chi connectivity index (χ1n) is 6.93. The molecule has 0 aliphatic heterocycles. The van der Waals surface area contributed by atoms with E-state index in [-0.39, 0.29) is 5.78 Å². The molecule has 0 bridgehead atoms. The van der Waals surface area contributed by atoms with E-state index in [4.69, 9.17) is 4.42 Å². The lowest BCUT2D eigenvalue weighted by molar-refractivity contribution is 0.103. The maximum Gasteiger partial charge on any atom is 0.197 e. The lowest BCUT2D eigenvalue weighted by Gasteiger charge is -2.07. The number of carbonyl (C=O) groups excluding carboxylic acids is 1. The van der Waals surface area contributed by atoms with Crippen molar-refractivity contribution in [3.63, 3.8) is 0 Å². The summed E-state index contributed by atoms with van der Waals surface area (Å²) in [5.74, 6) is 0.774. The molecule has 2 nitrogen and oxygen atoms in total. The number of halogens is 1. The molecule has 21 heavy (non-hydrogen) atoms. The maximum absolute atomic E-state index is 13.0. The van der Waals surface area contributed by atoms with Gasteiger partial charge in [0.2, 0.25) is 0 Å². The molecule has 3 heteroatoms. The summed E-state index contributed by atoms with van der Waals surface area (Å²) in [5, 5.41) is 0.888. The lowest BCUT2D eigenvalue weighted by atomic mass is 9.96. The van der Waals surface area contributed by atoms with E-state index in [1.165, 1.54) is 0 Å². The Balaban J connectivity index is 2.24. The van der Waals surface area contributed by atoms with E-state index < -0.39 is 0 Å². The number of benzene rings is 2. The molecule has 1 heterocycles. The van der Waals surface area contributed by atoms with E-state index in [1.807, 2.05) is 56.3 Å². The molecule has 0 amide bonds. The quantitative estimate of drug-likeness (QED) is 0.604. The zero-order valence-corrected chi connectivity index (χ0v) is 13.5. The Kier molecular flexibility index (Phi) is 3.68. The van der Waals surface area contributed by atoms with Crippen molar-refractivity contribution in [1.29, 1.82) is 0 Å². The Bertz CT molecular complexity index is 830. The topological polar surface area (TPSA) is 30.2 Å². The van der Waals surface area contributed by atoms with Gasteiger partial charge in [-0.2, -0.15) is 0 Å². The summed E-state index contributed by atoms with van der Waals surface area (Å²) in [6.07, 6.45) is 0.697. The zero-order chi connectivity index (χ0) is 15.0. The van der Waals surface area contributed by atoms with Crippen LogP contribution >= 0.6 is 15.9 Å². The van der Waals surface area contributed by atoms with Crippen molar-refractivity contribution in [2.24, 2.45) is 0 Å². The molecular formula is C18H15BrO2. The first kappa shape index (κ1) is 14.1. The average Bonchev–Trinajstić information content (AvgIpc) is 2.88. The first-order valence-corrected chi connectivity index (χ1v) is 7.73. The molecule has 0 fully saturated rings. The predicted octanol–water partition coefficient (Wildman–Crippen LogP) is 5.30. The summed E-state index contributed by atoms with van der Waals surface area (Å²) in [6.45, 7) is 3.95. The van der Waals surface area contributed by atoms with E-state index >= 15 is 0 Å². The maximum atomic E-state index is 13.0. The number of aryl methyl sites for hydroxylation is 1. The largest absolute Gasteiger partial charge is 0.460 e. The second-order valence-electron chi connectivity index (χ2n) is 4.99. The van der Waals surface area contributed by atoms with Crippen LogP contribution in [0.5, 0.6) is 0 Å². The second kappa shape index (κ2) is 5.49. The Morgan fingerprint density at radius 2 is 1.90 bits per heavy atom. The highest BCUT2D eigenvalue weighted by atomic mass is 79.9. The third-order valence-corrected chi connectivity index (χ3v) is 4.59. The molecule has 1 aromatic heterocycles. The van der Waals surface area contributed by atoms with Crippen molar-refractivity contribution >= 4 is 32.7 Å². The number of hydrogen-bond donors (Lipinski definition) is 0. The first-order chi connectivity index (χ1) is 10.1. The molecule has 3 aromatic rings. The number of fused-ring (bicyclic) bond motifs is 1. The van der Waals surface area contributed by atoms with E-state index in [1.54, 1.807) is 0 Å². The highest BCUT2D eigenvalue weighted by Gasteiger charge is 2.22. The van der Waals surface area contributed by atoms with Gasteiger partial charge in [-0.3, -0.25) is 4.79 Å². The number of rotatable bonds is 3. The number of carbonyl (C=O) groups is 1. The summed E-state index contributed by atoms with van der Waals surface area (Å²) >= 11 is 3.49. The molecule has 0 radical (unpaired) electrons. The van der Waals surface area contributed by atoms with Crippen molar-refractivity contribution in [3.8, 4) is 0 Å². The Morgan fingerprint density at radius 3 is 2.67 bits per heavy atom. The van der Waals surface area contributed by atoms with E-state index in [2.05, 4.69) is 15.9 Å². The van der Waals surface area contributed by atoms with Crippen LogP contribution < -0.4 is 0 Å². The molecule has 0 saturated carbocycles. The summed E-state index contributed by atoms with van der Waals surface area (Å²) in [5.41, 5.74) is 3.13. The van der Waals surface area contributed by atoms with Gasteiger partial charge in [-0.05, 0) is 24.6 Å². The highest BCUT2D eigenvalue weighted by Crippen LogP contribution is 2.30. The van der Waals surface area contributed by atoms with Crippen LogP contribution in [0.3, 0.4) is 0 Å². The molecule has 0 aliphatic rings. The number of hydrogen-bond acceptors (Lipinski definition) is 2. The fraction of sp³-hybridized carbons (Fsp3) is 0.167. The zero-order valence-electron chi connectivity index (χ0n) is 11.9. The molecule has 0 aliphatic carbocycles. The monoisotopic (exact) mass is 342 g/mol. The number of furan rings is 1. The smallest absolute Gasteiger partial charge is 0.197 e. The van der Waals surface area contributed by atoms with E-state index in [0.717, 1.165) is 26.8 Å². The van der Waals surface area contributed by atoms with Gasteiger partial charge in [-0.1, -0.05) is 53.2 Å². The third-order valence-electron chi connectivity index (χ3n) is 3.73. The fourth-order valence-electron chi connectivity index (χ4n) is 2.58. The van der Waals surface area contributed by atoms with Crippen molar-refractivity contribution in [2.75, 3.05) is 0 Å². The van der Waals surface area contributed by atoms with Crippen LogP contribution in [0.15, 0.2) is 51.4 Å². The van der Waals surface area contributed by atoms with Gasteiger partial charge in [0, 0.05) is 21.8 Å². The van der Waals surface area contributed by atoms with Gasteiger partial charge in [0.15, 0.2) is 5.78 Å². The summed E-state index contributed by atoms with van der Waals surface area (Å²) < 4.78 is 6.77. The van der Waals surface area contributed by atoms with Gasteiger partial charge in [-0.15, -0.1) is 0 Å². The molecule has 0 spiro atoms. The van der Waals surface area contributed by atoms with E-state index in [9.17, 15) is 4.79 Å². The third kappa shape index (κ3) is 2.32. The molecule has 0 unspecified atom stereocenters. The minimum absolute atomic E-state index is 0.0237. The van der Waals surface area contributed by atoms with Crippen LogP contribution in [-0.4, -0.2) is 5.78 Å². The van der Waals surface area contributed by atoms with Crippen molar-refractivity contribution in [1.82, 2.24) is 0 Å². The lowest BCUT2D eigenvalue weighted by Crippen LogP contribution is -2.05. The van der Waals surface area contributed by atoms with Gasteiger partial charge in [-0.25, -0.2) is 0 Å². The second-order valence-corrected chi connectivity index (χ2v) is 5.85. The molecule has 106 valence electrons.